The number of rotatable bonds is 12. The first kappa shape index (κ1) is 61.8. The molecule has 1 aliphatic carbocycles. The summed E-state index contributed by atoms with van der Waals surface area (Å²) in [5.74, 6) is -12.9. The summed E-state index contributed by atoms with van der Waals surface area (Å²) in [4.78, 5) is 47.3. The molecule has 12 aromatic carbocycles. The molecule has 12 aromatic rings. The van der Waals surface area contributed by atoms with E-state index in [1.165, 1.54) is 48.5 Å². The number of carboxylic acid groups (broad SMARTS) is 4. The van der Waals surface area contributed by atoms with Crippen LogP contribution in [0.5, 0.6) is 46.0 Å². The first-order valence-electron chi connectivity index (χ1n) is 30.2. The minimum atomic E-state index is -1.20. The molecule has 13 rings (SSSR count). The second-order valence-electron chi connectivity index (χ2n) is 23.6. The van der Waals surface area contributed by atoms with Crippen molar-refractivity contribution in [3.8, 4) is 90.5 Å². The monoisotopic (exact) mass is 1270 g/mol. The lowest BCUT2D eigenvalue weighted by Crippen LogP contribution is -2.13. The fourth-order valence-corrected chi connectivity index (χ4v) is 13.1. The number of phenols is 8. The first-order valence-corrected chi connectivity index (χ1v) is 30.2. The van der Waals surface area contributed by atoms with Gasteiger partial charge < -0.3 is 61.3 Å². The van der Waals surface area contributed by atoms with Crippen molar-refractivity contribution in [1.29, 1.82) is 0 Å². The van der Waals surface area contributed by atoms with Crippen LogP contribution in [0.25, 0.3) is 44.5 Å². The smallest absolute Gasteiger partial charge is 0.335 e. The molecule has 0 saturated carbocycles. The van der Waals surface area contributed by atoms with Crippen LogP contribution in [0.2, 0.25) is 0 Å². The standard InChI is InChI=1S/C80H56O16/c81-65-37-67(83)59-33-57(65)73(49-17-1-41(2-18-49)45-9-25-53(26-10-45)77(89)90)58-34-60(68(84)38-66(58)82)75(51-21-5-43(6-22-51)47-13-29-55(30-14-47)79(93)94)62-36-64(72(88)40-70(62)86)76(52-23-7-44(8-24-52)48-15-31-56(32-16-48)80(95)96)63-35-61(69(85)39-71(63)87)74(59)50-19-3-42(4-20-50)46-11-27-54(28-12-46)78(91)92/h1-40,73-76,81-88H,(H,89,90)(H,91,92)(H,93,94)(H,95,96). The predicted molar refractivity (Wildman–Crippen MR) is 358 cm³/mol. The number of hydrogen-bond acceptors (Lipinski definition) is 12. The van der Waals surface area contributed by atoms with Crippen molar-refractivity contribution in [3.05, 3.63) is 332 Å². The van der Waals surface area contributed by atoms with E-state index in [1.54, 1.807) is 170 Å². The number of fused-ring (bicyclic) bond motifs is 8. The Morgan fingerprint density at radius 1 is 0.188 bits per heavy atom. The molecule has 0 amide bonds. The Bertz CT molecular complexity index is 4300. The van der Waals surface area contributed by atoms with Gasteiger partial charge in [0.2, 0.25) is 0 Å². The normalized spacial score (nSPS) is 14.9. The number of aromatic hydroxyl groups is 8. The lowest BCUT2D eigenvalue weighted by Gasteiger charge is -2.30. The van der Waals surface area contributed by atoms with Crippen LogP contribution in [0, 0.1) is 0 Å². The third-order valence-electron chi connectivity index (χ3n) is 18.0. The van der Waals surface area contributed by atoms with Crippen LogP contribution in [0.15, 0.2) is 243 Å². The van der Waals surface area contributed by atoms with Gasteiger partial charge in [-0.25, -0.2) is 19.2 Å². The van der Waals surface area contributed by atoms with Gasteiger partial charge >= 0.3 is 23.9 Å². The van der Waals surface area contributed by atoms with Gasteiger partial charge in [0.15, 0.2) is 0 Å². The van der Waals surface area contributed by atoms with Crippen LogP contribution in [0.1, 0.15) is 132 Å². The van der Waals surface area contributed by atoms with Gasteiger partial charge in [-0.1, -0.05) is 146 Å². The van der Waals surface area contributed by atoms with Gasteiger partial charge in [0, 0.05) is 92.4 Å². The third-order valence-corrected chi connectivity index (χ3v) is 18.0. The first-order chi connectivity index (χ1) is 46.2. The topological polar surface area (TPSA) is 311 Å². The van der Waals surface area contributed by atoms with Gasteiger partial charge in [0.25, 0.3) is 0 Å². The Kier molecular flexibility index (Phi) is 16.0. The van der Waals surface area contributed by atoms with E-state index < -0.39 is 93.5 Å². The average molecular weight is 1270 g/mol. The van der Waals surface area contributed by atoms with Crippen LogP contribution in [-0.4, -0.2) is 85.2 Å². The highest BCUT2D eigenvalue weighted by Crippen LogP contribution is 2.54. The molecule has 0 saturated heterocycles. The average Bonchev–Trinajstić information content (AvgIpc) is 0.747. The summed E-state index contributed by atoms with van der Waals surface area (Å²) in [5, 5.41) is 139. The molecular formula is C80H56O16. The minimum Gasteiger partial charge on any atom is -0.507 e. The number of hydrogen-bond donors (Lipinski definition) is 12. The summed E-state index contributed by atoms with van der Waals surface area (Å²) in [6, 6.07) is 63.9. The Hall–Kier alpha value is -13.1. The van der Waals surface area contributed by atoms with Crippen molar-refractivity contribution in [3.63, 3.8) is 0 Å². The van der Waals surface area contributed by atoms with Crippen molar-refractivity contribution in [1.82, 2.24) is 0 Å². The van der Waals surface area contributed by atoms with Crippen molar-refractivity contribution in [2.45, 2.75) is 23.7 Å². The molecule has 0 fully saturated rings. The molecule has 0 aliphatic heterocycles. The highest BCUT2D eigenvalue weighted by Gasteiger charge is 2.36. The van der Waals surface area contributed by atoms with Crippen molar-refractivity contribution in [2.24, 2.45) is 0 Å². The lowest BCUT2D eigenvalue weighted by atomic mass is 9.75. The van der Waals surface area contributed by atoms with E-state index in [2.05, 4.69) is 0 Å². The largest absolute Gasteiger partial charge is 0.507 e. The summed E-state index contributed by atoms with van der Waals surface area (Å²) < 4.78 is 0. The van der Waals surface area contributed by atoms with E-state index in [9.17, 15) is 80.5 Å². The lowest BCUT2D eigenvalue weighted by molar-refractivity contribution is 0.0686. The molecule has 0 radical (unpaired) electrons. The second-order valence-corrected chi connectivity index (χ2v) is 23.6. The van der Waals surface area contributed by atoms with E-state index in [0.717, 1.165) is 24.3 Å². The van der Waals surface area contributed by atoms with Gasteiger partial charge in [-0.15, -0.1) is 0 Å². The van der Waals surface area contributed by atoms with Crippen LogP contribution < -0.4 is 0 Å². The summed E-state index contributed by atoms with van der Waals surface area (Å²) >= 11 is 0. The van der Waals surface area contributed by atoms with Crippen molar-refractivity contribution < 1.29 is 80.5 Å². The van der Waals surface area contributed by atoms with Gasteiger partial charge in [-0.2, -0.15) is 0 Å². The number of phenolic OH excluding ortho intramolecular Hbond substituents is 8. The van der Waals surface area contributed by atoms with Gasteiger partial charge in [0.05, 0.1) is 22.3 Å². The molecule has 12 N–H and O–H groups in total. The Morgan fingerprint density at radius 2 is 0.312 bits per heavy atom. The van der Waals surface area contributed by atoms with Crippen LogP contribution in [-0.2, 0) is 0 Å². The zero-order valence-corrected chi connectivity index (χ0v) is 50.4. The van der Waals surface area contributed by atoms with Gasteiger partial charge in [-0.3, -0.25) is 0 Å². The summed E-state index contributed by atoms with van der Waals surface area (Å²) in [7, 11) is 0. The molecule has 0 atom stereocenters. The van der Waals surface area contributed by atoms with Gasteiger partial charge in [-0.05, 0) is 140 Å². The Balaban J connectivity index is 1.09. The zero-order chi connectivity index (χ0) is 67.4. The molecule has 0 heterocycles. The molecule has 0 aromatic heterocycles. The number of aromatic carboxylic acids is 4. The molecule has 8 bridgehead atoms. The maximum Gasteiger partial charge on any atom is 0.335 e. The number of carboxylic acids is 4. The van der Waals surface area contributed by atoms with E-state index in [0.29, 0.717) is 66.8 Å². The Morgan fingerprint density at radius 3 is 0.438 bits per heavy atom. The van der Waals surface area contributed by atoms with E-state index in [1.807, 2.05) is 0 Å². The van der Waals surface area contributed by atoms with Crippen LogP contribution in [0.3, 0.4) is 0 Å². The molecule has 0 unspecified atom stereocenters. The SMILES string of the molecule is O=C(O)c1ccc(-c2ccc(C3c4cc(c(O)cc4O)C(c4ccc(-c5ccc(C(=O)O)cc5)cc4)c4cc(c(O)cc4O)C(c4ccc(-c5ccc(C(=O)O)cc5)cc4)c4cc(c(O)cc4O)C(c4ccc(-c5ccc(C(=O)O)cc5)cc4)c4cc3c(O)cc4O)cc2)cc1. The predicted octanol–water partition coefficient (Wildman–Crippen LogP) is 15.8. The van der Waals surface area contributed by atoms with E-state index in [-0.39, 0.29) is 66.8 Å². The van der Waals surface area contributed by atoms with Gasteiger partial charge in [0.1, 0.15) is 46.0 Å². The van der Waals surface area contributed by atoms with Crippen molar-refractivity contribution >= 4 is 23.9 Å². The third kappa shape index (κ3) is 11.6. The number of benzene rings is 12. The highest BCUT2D eigenvalue weighted by atomic mass is 16.4. The molecule has 472 valence electrons. The molecule has 16 heteroatoms. The molecule has 1 aliphatic rings. The van der Waals surface area contributed by atoms with E-state index in [4.69, 9.17) is 0 Å². The zero-order valence-electron chi connectivity index (χ0n) is 50.4. The maximum absolute atomic E-state index is 12.5. The van der Waals surface area contributed by atoms with E-state index >= 15 is 0 Å². The summed E-state index contributed by atoms with van der Waals surface area (Å²) in [5.41, 5.74) is 8.16. The number of carbonyl (C=O) groups is 4. The highest BCUT2D eigenvalue weighted by molar-refractivity contribution is 5.90. The van der Waals surface area contributed by atoms with Crippen LogP contribution in [0.4, 0.5) is 0 Å². The maximum atomic E-state index is 12.5. The quantitative estimate of drug-likeness (QED) is 0.0541. The summed E-state index contributed by atoms with van der Waals surface area (Å²) in [6.07, 6.45) is 0. The fourth-order valence-electron chi connectivity index (χ4n) is 13.1. The fraction of sp³-hybridized carbons (Fsp3) is 0.0500. The second kappa shape index (κ2) is 24.9. The van der Waals surface area contributed by atoms with Crippen molar-refractivity contribution in [2.75, 3.05) is 0 Å². The molecule has 0 spiro atoms. The van der Waals surface area contributed by atoms with Crippen LogP contribution >= 0.6 is 0 Å². The Labute approximate surface area is 547 Å². The molecule has 96 heavy (non-hydrogen) atoms. The minimum absolute atomic E-state index is 0.0743. The summed E-state index contributed by atoms with van der Waals surface area (Å²) in [6.45, 7) is 0. The molecule has 16 nitrogen and oxygen atoms in total. The molecular weight excluding hydrogens is 1220 g/mol.